The standard InChI is InChI=1S/C24H30N4O/c1-4-10-24(11-5-2)18-13-19-17(12-20(18)28(6-3)23(24)29)16-9-7-8-15-14-25-27-21(15)22(16)26-19/h12-14,26H,4-11H2,1-3H3,(H,25,27). The molecule has 0 unspecified atom stereocenters. The molecule has 5 heteroatoms. The van der Waals surface area contributed by atoms with Crippen molar-refractivity contribution in [1.29, 1.82) is 0 Å². The van der Waals surface area contributed by atoms with Gasteiger partial charge in [-0.25, -0.2) is 0 Å². The molecule has 1 amide bonds. The number of fused-ring (bicyclic) bond motifs is 6. The van der Waals surface area contributed by atoms with Gasteiger partial charge in [-0.2, -0.15) is 5.10 Å². The van der Waals surface area contributed by atoms with Crippen LogP contribution in [0.15, 0.2) is 18.3 Å². The Morgan fingerprint density at radius 2 is 1.90 bits per heavy atom. The lowest BCUT2D eigenvalue weighted by molar-refractivity contribution is -0.123. The average Bonchev–Trinajstić information content (AvgIpc) is 3.34. The minimum atomic E-state index is -0.370. The van der Waals surface area contributed by atoms with E-state index in [0.717, 1.165) is 68.4 Å². The van der Waals surface area contributed by atoms with E-state index in [1.165, 1.54) is 27.8 Å². The van der Waals surface area contributed by atoms with Crippen LogP contribution in [-0.4, -0.2) is 27.6 Å². The second-order valence-electron chi connectivity index (χ2n) is 8.65. The van der Waals surface area contributed by atoms with Crippen LogP contribution in [0.25, 0.3) is 22.3 Å². The number of hydrogen-bond acceptors (Lipinski definition) is 2. The van der Waals surface area contributed by atoms with Gasteiger partial charge >= 0.3 is 0 Å². The molecule has 1 aromatic carbocycles. The van der Waals surface area contributed by atoms with Crippen molar-refractivity contribution in [1.82, 2.24) is 15.2 Å². The fourth-order valence-electron chi connectivity index (χ4n) is 5.80. The molecule has 2 aliphatic rings. The van der Waals surface area contributed by atoms with Gasteiger partial charge in [0.1, 0.15) is 0 Å². The van der Waals surface area contributed by atoms with Crippen LogP contribution in [0.1, 0.15) is 69.6 Å². The summed E-state index contributed by atoms with van der Waals surface area (Å²) in [5.41, 5.74) is 8.09. The summed E-state index contributed by atoms with van der Waals surface area (Å²) in [5.74, 6) is 0.299. The first-order valence-corrected chi connectivity index (χ1v) is 11.2. The number of carbonyl (C=O) groups is 1. The van der Waals surface area contributed by atoms with Crippen LogP contribution in [0, 0.1) is 0 Å². The van der Waals surface area contributed by atoms with Gasteiger partial charge in [-0.15, -0.1) is 0 Å². The number of carbonyl (C=O) groups excluding carboxylic acids is 1. The molecule has 1 aliphatic carbocycles. The summed E-state index contributed by atoms with van der Waals surface area (Å²) >= 11 is 0. The van der Waals surface area contributed by atoms with E-state index in [2.05, 4.69) is 48.1 Å². The Balaban J connectivity index is 1.77. The zero-order chi connectivity index (χ0) is 20.2. The quantitative estimate of drug-likeness (QED) is 0.625. The van der Waals surface area contributed by atoms with Crippen LogP contribution in [0.3, 0.4) is 0 Å². The third-order valence-corrected chi connectivity index (χ3v) is 6.99. The topological polar surface area (TPSA) is 64.8 Å². The molecular formula is C24H30N4O. The van der Waals surface area contributed by atoms with E-state index < -0.39 is 0 Å². The minimum Gasteiger partial charge on any atom is -0.353 e. The largest absolute Gasteiger partial charge is 0.353 e. The van der Waals surface area contributed by atoms with Gasteiger partial charge in [0.15, 0.2) is 0 Å². The maximum Gasteiger partial charge on any atom is 0.237 e. The third kappa shape index (κ3) is 2.46. The van der Waals surface area contributed by atoms with Crippen LogP contribution in [0.5, 0.6) is 0 Å². The number of aromatic nitrogens is 3. The van der Waals surface area contributed by atoms with E-state index in [0.29, 0.717) is 5.91 Å². The lowest BCUT2D eigenvalue weighted by Crippen LogP contribution is -2.40. The normalized spacial score (nSPS) is 17.3. The van der Waals surface area contributed by atoms with Crippen LogP contribution >= 0.6 is 0 Å². The number of amides is 1. The van der Waals surface area contributed by atoms with Crippen molar-refractivity contribution in [2.75, 3.05) is 11.4 Å². The van der Waals surface area contributed by atoms with Gasteiger partial charge in [0, 0.05) is 23.1 Å². The summed E-state index contributed by atoms with van der Waals surface area (Å²) in [7, 11) is 0. The maximum atomic E-state index is 13.6. The number of anilines is 1. The fraction of sp³-hybridized carbons (Fsp3) is 0.500. The van der Waals surface area contributed by atoms with Crippen molar-refractivity contribution in [2.45, 2.75) is 71.1 Å². The molecule has 1 aliphatic heterocycles. The Bertz CT molecular complexity index is 1080. The zero-order valence-corrected chi connectivity index (χ0v) is 17.7. The van der Waals surface area contributed by atoms with E-state index in [1.54, 1.807) is 0 Å². The molecule has 5 rings (SSSR count). The van der Waals surface area contributed by atoms with Gasteiger partial charge in [-0.05, 0) is 67.9 Å². The second-order valence-corrected chi connectivity index (χ2v) is 8.65. The SMILES string of the molecule is CCCC1(CCC)C(=O)N(CC)c2cc3c4c([nH]c3cc21)-c1[nH]ncc1CCC4. The summed E-state index contributed by atoms with van der Waals surface area (Å²) in [6.45, 7) is 7.19. The molecule has 2 aromatic heterocycles. The number of aryl methyl sites for hydroxylation is 2. The monoisotopic (exact) mass is 390 g/mol. The summed E-state index contributed by atoms with van der Waals surface area (Å²) in [5, 5.41) is 8.76. The predicted molar refractivity (Wildman–Crippen MR) is 117 cm³/mol. The summed E-state index contributed by atoms with van der Waals surface area (Å²) in [4.78, 5) is 19.3. The highest BCUT2D eigenvalue weighted by molar-refractivity contribution is 6.11. The van der Waals surface area contributed by atoms with E-state index in [1.807, 2.05) is 11.1 Å². The van der Waals surface area contributed by atoms with Gasteiger partial charge < -0.3 is 9.88 Å². The number of H-pyrrole nitrogens is 2. The number of rotatable bonds is 5. The van der Waals surface area contributed by atoms with Crippen LogP contribution in [0.2, 0.25) is 0 Å². The number of benzene rings is 1. The second kappa shape index (κ2) is 6.75. The molecule has 152 valence electrons. The van der Waals surface area contributed by atoms with Gasteiger partial charge in [-0.1, -0.05) is 26.7 Å². The predicted octanol–water partition coefficient (Wildman–Crippen LogP) is 5.25. The first kappa shape index (κ1) is 18.5. The Labute approximate surface area is 171 Å². The highest BCUT2D eigenvalue weighted by atomic mass is 16.2. The maximum absolute atomic E-state index is 13.6. The number of nitrogens with zero attached hydrogens (tertiary/aromatic N) is 2. The molecule has 0 radical (unpaired) electrons. The molecule has 29 heavy (non-hydrogen) atoms. The number of nitrogens with one attached hydrogen (secondary N) is 2. The minimum absolute atomic E-state index is 0.299. The van der Waals surface area contributed by atoms with Gasteiger partial charge in [0.25, 0.3) is 0 Å². The van der Waals surface area contributed by atoms with Crippen molar-refractivity contribution < 1.29 is 4.79 Å². The van der Waals surface area contributed by atoms with Gasteiger partial charge in [0.2, 0.25) is 5.91 Å². The van der Waals surface area contributed by atoms with Crippen LogP contribution < -0.4 is 4.90 Å². The van der Waals surface area contributed by atoms with Gasteiger partial charge in [-0.3, -0.25) is 9.89 Å². The molecule has 5 nitrogen and oxygen atoms in total. The number of aromatic amines is 2. The number of likely N-dealkylation sites (N-methyl/N-ethyl adjacent to an activating group) is 1. The molecule has 0 saturated heterocycles. The van der Waals surface area contributed by atoms with E-state index in [9.17, 15) is 4.79 Å². The van der Waals surface area contributed by atoms with Crippen LogP contribution in [0.4, 0.5) is 5.69 Å². The smallest absolute Gasteiger partial charge is 0.237 e. The molecule has 0 fully saturated rings. The van der Waals surface area contributed by atoms with Crippen molar-refractivity contribution in [3.05, 3.63) is 35.0 Å². The number of hydrogen-bond donors (Lipinski definition) is 2. The van der Waals surface area contributed by atoms with Crippen molar-refractivity contribution in [3.63, 3.8) is 0 Å². The summed E-state index contributed by atoms with van der Waals surface area (Å²) in [6.07, 6.45) is 9.04. The summed E-state index contributed by atoms with van der Waals surface area (Å²) in [6, 6.07) is 4.57. The Hall–Kier alpha value is -2.56. The van der Waals surface area contributed by atoms with Crippen LogP contribution in [-0.2, 0) is 23.1 Å². The lowest BCUT2D eigenvalue weighted by atomic mass is 9.74. The highest BCUT2D eigenvalue weighted by Gasteiger charge is 2.49. The Kier molecular flexibility index (Phi) is 4.30. The Morgan fingerprint density at radius 3 is 2.62 bits per heavy atom. The highest BCUT2D eigenvalue weighted by Crippen LogP contribution is 2.50. The third-order valence-electron chi connectivity index (χ3n) is 6.99. The molecular weight excluding hydrogens is 360 g/mol. The van der Waals surface area contributed by atoms with E-state index >= 15 is 0 Å². The molecule has 0 saturated carbocycles. The van der Waals surface area contributed by atoms with Crippen molar-refractivity contribution in [2.24, 2.45) is 0 Å². The molecule has 0 atom stereocenters. The summed E-state index contributed by atoms with van der Waals surface area (Å²) < 4.78 is 0. The van der Waals surface area contributed by atoms with Gasteiger partial charge in [0.05, 0.1) is 23.0 Å². The lowest BCUT2D eigenvalue weighted by Gasteiger charge is -2.28. The van der Waals surface area contributed by atoms with Crippen molar-refractivity contribution >= 4 is 22.5 Å². The molecule has 0 bridgehead atoms. The Morgan fingerprint density at radius 1 is 1.10 bits per heavy atom. The van der Waals surface area contributed by atoms with E-state index in [-0.39, 0.29) is 5.41 Å². The average molecular weight is 391 g/mol. The molecule has 3 heterocycles. The van der Waals surface area contributed by atoms with Crippen molar-refractivity contribution in [3.8, 4) is 11.4 Å². The first-order valence-electron chi connectivity index (χ1n) is 11.2. The zero-order valence-electron chi connectivity index (χ0n) is 17.7. The fourth-order valence-corrected chi connectivity index (χ4v) is 5.80. The van der Waals surface area contributed by atoms with E-state index in [4.69, 9.17) is 0 Å². The first-order chi connectivity index (χ1) is 14.1. The molecule has 0 spiro atoms. The molecule has 2 N–H and O–H groups in total. The molecule has 3 aromatic rings.